The number of carbonyl (C=O) groups excluding carboxylic acids is 1. The van der Waals surface area contributed by atoms with Gasteiger partial charge in [-0.3, -0.25) is 4.79 Å². The molecule has 0 saturated carbocycles. The van der Waals surface area contributed by atoms with Crippen LogP contribution >= 0.6 is 11.8 Å². The summed E-state index contributed by atoms with van der Waals surface area (Å²) in [7, 11) is 0. The Morgan fingerprint density at radius 2 is 2.40 bits per heavy atom. The molecule has 0 aromatic heterocycles. The summed E-state index contributed by atoms with van der Waals surface area (Å²) >= 11 is 1.80. The number of thioether (sulfide) groups is 1. The van der Waals surface area contributed by atoms with Crippen molar-refractivity contribution in [2.75, 3.05) is 31.6 Å². The lowest BCUT2D eigenvalue weighted by Crippen LogP contribution is -2.51. The minimum atomic E-state index is 0.0838. The van der Waals surface area contributed by atoms with Gasteiger partial charge in [-0.1, -0.05) is 6.92 Å². The second-order valence-electron chi connectivity index (χ2n) is 3.97. The fourth-order valence-electron chi connectivity index (χ4n) is 1.87. The molecule has 1 rings (SSSR count). The smallest absolute Gasteiger partial charge is 0.239 e. The van der Waals surface area contributed by atoms with E-state index < -0.39 is 0 Å². The van der Waals surface area contributed by atoms with Crippen molar-refractivity contribution in [1.82, 2.24) is 10.2 Å². The average Bonchev–Trinajstić information content (AvgIpc) is 2.26. The Kier molecular flexibility index (Phi) is 6.10. The zero-order chi connectivity index (χ0) is 11.1. The summed E-state index contributed by atoms with van der Waals surface area (Å²) in [5.74, 6) is 1.36. The summed E-state index contributed by atoms with van der Waals surface area (Å²) < 4.78 is 0. The number of hydrogen-bond donors (Lipinski definition) is 1. The molecule has 0 radical (unpaired) electrons. The molecule has 1 N–H and O–H groups in total. The Bertz CT molecular complexity index is 181. The van der Waals surface area contributed by atoms with E-state index >= 15 is 0 Å². The number of nitrogens with zero attached hydrogens (tertiary/aromatic N) is 1. The van der Waals surface area contributed by atoms with Crippen molar-refractivity contribution in [2.24, 2.45) is 0 Å². The second-order valence-corrected chi connectivity index (χ2v) is 4.95. The highest BCUT2D eigenvalue weighted by atomic mass is 32.2. The molecule has 0 aliphatic carbocycles. The topological polar surface area (TPSA) is 32.3 Å². The molecule has 1 saturated heterocycles. The molecule has 15 heavy (non-hydrogen) atoms. The summed E-state index contributed by atoms with van der Waals surface area (Å²) in [6.45, 7) is 4.94. The van der Waals surface area contributed by atoms with Crippen molar-refractivity contribution in [3.8, 4) is 0 Å². The predicted octanol–water partition coefficient (Wildman–Crippen LogP) is 1.34. The fourth-order valence-corrected chi connectivity index (χ4v) is 2.27. The van der Waals surface area contributed by atoms with Gasteiger partial charge in [-0.05, 0) is 32.1 Å². The fraction of sp³-hybridized carbons (Fsp3) is 0.909. The van der Waals surface area contributed by atoms with Crippen LogP contribution in [0.3, 0.4) is 0 Å². The van der Waals surface area contributed by atoms with Gasteiger partial charge in [-0.15, -0.1) is 0 Å². The van der Waals surface area contributed by atoms with Crippen LogP contribution in [0, 0.1) is 0 Å². The minimum absolute atomic E-state index is 0.0838. The Balaban J connectivity index is 2.36. The largest absolute Gasteiger partial charge is 0.341 e. The van der Waals surface area contributed by atoms with Gasteiger partial charge in [-0.2, -0.15) is 11.8 Å². The highest BCUT2D eigenvalue weighted by Gasteiger charge is 2.27. The first kappa shape index (κ1) is 12.8. The number of rotatable bonds is 6. The van der Waals surface area contributed by atoms with E-state index in [1.807, 2.05) is 4.90 Å². The Morgan fingerprint density at radius 1 is 1.60 bits per heavy atom. The molecule has 0 aromatic carbocycles. The quantitative estimate of drug-likeness (QED) is 0.747. The SMILES string of the molecule is CCCNC1CCCN(CCSC)C1=O. The van der Waals surface area contributed by atoms with Gasteiger partial charge in [0.2, 0.25) is 5.91 Å². The van der Waals surface area contributed by atoms with E-state index in [-0.39, 0.29) is 6.04 Å². The van der Waals surface area contributed by atoms with E-state index in [1.165, 1.54) is 0 Å². The number of hydrogen-bond acceptors (Lipinski definition) is 3. The first-order chi connectivity index (χ1) is 7.29. The van der Waals surface area contributed by atoms with E-state index in [0.29, 0.717) is 5.91 Å². The molecule has 4 heteroatoms. The van der Waals surface area contributed by atoms with Gasteiger partial charge >= 0.3 is 0 Å². The predicted molar refractivity (Wildman–Crippen MR) is 66.3 cm³/mol. The van der Waals surface area contributed by atoms with Crippen molar-refractivity contribution in [2.45, 2.75) is 32.2 Å². The van der Waals surface area contributed by atoms with Gasteiger partial charge in [0.1, 0.15) is 0 Å². The van der Waals surface area contributed by atoms with Crippen LogP contribution in [0.5, 0.6) is 0 Å². The number of carbonyl (C=O) groups is 1. The number of nitrogens with one attached hydrogen (secondary N) is 1. The van der Waals surface area contributed by atoms with Crippen LogP contribution in [0.2, 0.25) is 0 Å². The van der Waals surface area contributed by atoms with Crippen molar-refractivity contribution >= 4 is 17.7 Å². The summed E-state index contributed by atoms with van der Waals surface area (Å²) in [5, 5.41) is 3.33. The van der Waals surface area contributed by atoms with Crippen molar-refractivity contribution in [1.29, 1.82) is 0 Å². The van der Waals surface area contributed by atoms with E-state index in [0.717, 1.165) is 44.6 Å². The highest BCUT2D eigenvalue weighted by molar-refractivity contribution is 7.98. The molecule has 88 valence electrons. The van der Waals surface area contributed by atoms with Gasteiger partial charge in [0.25, 0.3) is 0 Å². The Labute approximate surface area is 97.0 Å². The number of likely N-dealkylation sites (tertiary alicyclic amines) is 1. The van der Waals surface area contributed by atoms with Crippen LogP contribution in [0.25, 0.3) is 0 Å². The van der Waals surface area contributed by atoms with Crippen LogP contribution in [0.4, 0.5) is 0 Å². The molecule has 3 nitrogen and oxygen atoms in total. The van der Waals surface area contributed by atoms with Gasteiger partial charge in [0, 0.05) is 18.8 Å². The van der Waals surface area contributed by atoms with E-state index in [4.69, 9.17) is 0 Å². The van der Waals surface area contributed by atoms with Crippen LogP contribution < -0.4 is 5.32 Å². The molecule has 1 fully saturated rings. The molecule has 1 atom stereocenters. The molecule has 1 aliphatic heterocycles. The third-order valence-corrected chi connectivity index (χ3v) is 3.33. The van der Waals surface area contributed by atoms with Gasteiger partial charge in [-0.25, -0.2) is 0 Å². The number of piperidine rings is 1. The maximum atomic E-state index is 12.0. The molecule has 0 spiro atoms. The molecular weight excluding hydrogens is 208 g/mol. The summed E-state index contributed by atoms with van der Waals surface area (Å²) in [5.41, 5.74) is 0. The molecule has 1 amide bonds. The lowest BCUT2D eigenvalue weighted by atomic mass is 10.0. The summed E-state index contributed by atoms with van der Waals surface area (Å²) in [6.07, 6.45) is 5.33. The number of amides is 1. The maximum Gasteiger partial charge on any atom is 0.239 e. The van der Waals surface area contributed by atoms with E-state index in [9.17, 15) is 4.79 Å². The maximum absolute atomic E-state index is 12.0. The van der Waals surface area contributed by atoms with Crippen molar-refractivity contribution in [3.63, 3.8) is 0 Å². The zero-order valence-corrected chi connectivity index (χ0v) is 10.6. The Hall–Kier alpha value is -0.220. The molecule has 1 heterocycles. The Morgan fingerprint density at radius 3 is 3.07 bits per heavy atom. The zero-order valence-electron chi connectivity index (χ0n) is 9.79. The lowest BCUT2D eigenvalue weighted by Gasteiger charge is -2.32. The van der Waals surface area contributed by atoms with E-state index in [1.54, 1.807) is 11.8 Å². The normalized spacial score (nSPS) is 22.1. The first-order valence-electron chi connectivity index (χ1n) is 5.80. The van der Waals surface area contributed by atoms with E-state index in [2.05, 4.69) is 18.5 Å². The molecular formula is C11H22N2OS. The third-order valence-electron chi connectivity index (χ3n) is 2.74. The first-order valence-corrected chi connectivity index (χ1v) is 7.20. The summed E-state index contributed by atoms with van der Waals surface area (Å²) in [4.78, 5) is 14.0. The average molecular weight is 230 g/mol. The molecule has 1 unspecified atom stereocenters. The lowest BCUT2D eigenvalue weighted by molar-refractivity contribution is -0.135. The summed E-state index contributed by atoms with van der Waals surface area (Å²) in [6, 6.07) is 0.0838. The molecule has 1 aliphatic rings. The van der Waals surface area contributed by atoms with Gasteiger partial charge in [0.15, 0.2) is 0 Å². The van der Waals surface area contributed by atoms with Gasteiger partial charge in [0.05, 0.1) is 6.04 Å². The highest BCUT2D eigenvalue weighted by Crippen LogP contribution is 2.12. The van der Waals surface area contributed by atoms with Crippen LogP contribution in [-0.2, 0) is 4.79 Å². The third kappa shape index (κ3) is 4.03. The van der Waals surface area contributed by atoms with Crippen LogP contribution in [0.15, 0.2) is 0 Å². The second kappa shape index (κ2) is 7.12. The molecule has 0 bridgehead atoms. The van der Waals surface area contributed by atoms with Crippen molar-refractivity contribution < 1.29 is 4.79 Å². The van der Waals surface area contributed by atoms with Gasteiger partial charge < -0.3 is 10.2 Å². The standard InChI is InChI=1S/C11H22N2OS/c1-3-6-12-10-5-4-7-13(11(10)14)8-9-15-2/h10,12H,3-9H2,1-2H3. The molecule has 0 aromatic rings. The minimum Gasteiger partial charge on any atom is -0.341 e. The van der Waals surface area contributed by atoms with Crippen molar-refractivity contribution in [3.05, 3.63) is 0 Å². The van der Waals surface area contributed by atoms with Crippen LogP contribution in [-0.4, -0.2) is 48.5 Å². The monoisotopic (exact) mass is 230 g/mol. The van der Waals surface area contributed by atoms with Crippen LogP contribution in [0.1, 0.15) is 26.2 Å².